The van der Waals surface area contributed by atoms with Crippen molar-refractivity contribution in [2.45, 2.75) is 46.1 Å². The Labute approximate surface area is 134 Å². The smallest absolute Gasteiger partial charge is 0.332 e. The van der Waals surface area contributed by atoms with Crippen LogP contribution in [0.5, 0.6) is 0 Å². The van der Waals surface area contributed by atoms with Crippen LogP contribution in [0.4, 0.5) is 0 Å². The van der Waals surface area contributed by atoms with Crippen molar-refractivity contribution in [3.05, 3.63) is 0 Å². The highest BCUT2D eigenvalue weighted by Gasteiger charge is 2.33. The van der Waals surface area contributed by atoms with Crippen molar-refractivity contribution >= 4 is 5.97 Å². The monoisotopic (exact) mass is 316 g/mol. The van der Waals surface area contributed by atoms with Gasteiger partial charge in [-0.2, -0.15) is 0 Å². The second-order valence-corrected chi connectivity index (χ2v) is 6.51. The molecule has 0 saturated heterocycles. The Kier molecular flexibility index (Phi) is 9.68. The van der Waals surface area contributed by atoms with E-state index in [2.05, 4.69) is 20.8 Å². The zero-order chi connectivity index (χ0) is 16.4. The number of methoxy groups -OCH3 is 1. The quantitative estimate of drug-likeness (QED) is 0.458. The van der Waals surface area contributed by atoms with Crippen LogP contribution >= 0.6 is 0 Å². The lowest BCUT2D eigenvalue weighted by atomic mass is 9.75. The summed E-state index contributed by atoms with van der Waals surface area (Å²) in [4.78, 5) is 11.9. The maximum atomic E-state index is 11.9. The van der Waals surface area contributed by atoms with Crippen molar-refractivity contribution in [2.24, 2.45) is 17.8 Å². The molecule has 130 valence electrons. The Hall–Kier alpha value is -0.650. The van der Waals surface area contributed by atoms with Gasteiger partial charge in [0.15, 0.2) is 0 Å². The molecule has 1 aliphatic rings. The van der Waals surface area contributed by atoms with E-state index in [1.54, 1.807) is 7.11 Å². The summed E-state index contributed by atoms with van der Waals surface area (Å²) in [6.45, 7) is 8.61. The van der Waals surface area contributed by atoms with E-state index in [0.29, 0.717) is 44.2 Å². The van der Waals surface area contributed by atoms with Crippen LogP contribution in [0.1, 0.15) is 40.0 Å². The van der Waals surface area contributed by atoms with E-state index in [9.17, 15) is 4.79 Å². The summed E-state index contributed by atoms with van der Waals surface area (Å²) >= 11 is 0. The van der Waals surface area contributed by atoms with Gasteiger partial charge in [0.2, 0.25) is 0 Å². The molecule has 0 bridgehead atoms. The van der Waals surface area contributed by atoms with Crippen LogP contribution < -0.4 is 0 Å². The average molecular weight is 316 g/mol. The second-order valence-electron chi connectivity index (χ2n) is 6.51. The summed E-state index contributed by atoms with van der Waals surface area (Å²) in [5.41, 5.74) is 0. The number of carbonyl (C=O) groups excluding carboxylic acids is 1. The minimum Gasteiger partial charge on any atom is -0.460 e. The van der Waals surface area contributed by atoms with Gasteiger partial charge in [-0.3, -0.25) is 0 Å². The molecule has 0 heterocycles. The number of esters is 1. The van der Waals surface area contributed by atoms with Crippen LogP contribution in [0.15, 0.2) is 0 Å². The molecule has 1 aliphatic carbocycles. The standard InChI is InChI=1S/C17H32O5/c1-13(2)15-6-5-14(3)11-16(15)22-17(18)12-21-10-9-20-8-7-19-4/h13-16H,5-12H2,1-4H3/t14-,15+,16-/m1/s1. The summed E-state index contributed by atoms with van der Waals surface area (Å²) in [5, 5.41) is 0. The molecule has 5 heteroatoms. The lowest BCUT2D eigenvalue weighted by Gasteiger charge is -2.36. The molecule has 0 radical (unpaired) electrons. The first-order valence-corrected chi connectivity index (χ1v) is 8.38. The van der Waals surface area contributed by atoms with Gasteiger partial charge in [-0.1, -0.05) is 27.2 Å². The molecule has 1 rings (SSSR count). The highest BCUT2D eigenvalue weighted by atomic mass is 16.6. The number of rotatable bonds is 10. The zero-order valence-electron chi connectivity index (χ0n) is 14.5. The fourth-order valence-electron chi connectivity index (χ4n) is 2.97. The Balaban J connectivity index is 2.19. The molecule has 3 atom stereocenters. The lowest BCUT2D eigenvalue weighted by Crippen LogP contribution is -2.36. The minimum absolute atomic E-state index is 0.00331. The third-order valence-corrected chi connectivity index (χ3v) is 4.27. The first-order valence-electron chi connectivity index (χ1n) is 8.38. The molecule has 0 aliphatic heterocycles. The molecule has 0 spiro atoms. The predicted molar refractivity (Wildman–Crippen MR) is 84.7 cm³/mol. The minimum atomic E-state index is -0.262. The van der Waals surface area contributed by atoms with Crippen molar-refractivity contribution in [2.75, 3.05) is 40.1 Å². The predicted octanol–water partition coefficient (Wildman–Crippen LogP) is 2.67. The van der Waals surface area contributed by atoms with Crippen molar-refractivity contribution in [3.8, 4) is 0 Å². The van der Waals surface area contributed by atoms with Crippen molar-refractivity contribution < 1.29 is 23.7 Å². The highest BCUT2D eigenvalue weighted by molar-refractivity contribution is 5.70. The third kappa shape index (κ3) is 7.56. The third-order valence-electron chi connectivity index (χ3n) is 4.27. The topological polar surface area (TPSA) is 54.0 Å². The molecule has 0 amide bonds. The van der Waals surface area contributed by atoms with Gasteiger partial charge in [0.25, 0.3) is 0 Å². The maximum absolute atomic E-state index is 11.9. The number of hydrogen-bond donors (Lipinski definition) is 0. The van der Waals surface area contributed by atoms with Crippen LogP contribution in [0, 0.1) is 17.8 Å². The van der Waals surface area contributed by atoms with E-state index in [4.69, 9.17) is 18.9 Å². The normalized spacial score (nSPS) is 25.4. The summed E-state index contributed by atoms with van der Waals surface area (Å²) in [7, 11) is 1.63. The van der Waals surface area contributed by atoms with Gasteiger partial charge in [0.05, 0.1) is 26.4 Å². The van der Waals surface area contributed by atoms with Crippen LogP contribution in [0.2, 0.25) is 0 Å². The molecule has 0 aromatic heterocycles. The van der Waals surface area contributed by atoms with Gasteiger partial charge in [-0.15, -0.1) is 0 Å². The molecule has 0 aromatic carbocycles. The van der Waals surface area contributed by atoms with Crippen LogP contribution in [-0.4, -0.2) is 52.2 Å². The van der Waals surface area contributed by atoms with Crippen molar-refractivity contribution in [3.63, 3.8) is 0 Å². The average Bonchev–Trinajstić information content (AvgIpc) is 2.46. The Morgan fingerprint density at radius 2 is 1.77 bits per heavy atom. The SMILES string of the molecule is COCCOCCOCC(=O)O[C@@H]1C[C@H](C)CC[C@H]1C(C)C. The van der Waals surface area contributed by atoms with Gasteiger partial charge in [0, 0.05) is 7.11 Å². The van der Waals surface area contributed by atoms with Gasteiger partial charge in [0.1, 0.15) is 12.7 Å². The lowest BCUT2D eigenvalue weighted by molar-refractivity contribution is -0.161. The largest absolute Gasteiger partial charge is 0.460 e. The second kappa shape index (κ2) is 11.0. The molecule has 22 heavy (non-hydrogen) atoms. The number of ether oxygens (including phenoxy) is 4. The Morgan fingerprint density at radius 3 is 2.45 bits per heavy atom. The van der Waals surface area contributed by atoms with Crippen LogP contribution in [0.25, 0.3) is 0 Å². The van der Waals surface area contributed by atoms with Gasteiger partial charge < -0.3 is 18.9 Å². The van der Waals surface area contributed by atoms with Crippen LogP contribution in [0.3, 0.4) is 0 Å². The van der Waals surface area contributed by atoms with Gasteiger partial charge >= 0.3 is 5.97 Å². The van der Waals surface area contributed by atoms with Crippen molar-refractivity contribution in [1.29, 1.82) is 0 Å². The van der Waals surface area contributed by atoms with E-state index in [1.165, 1.54) is 6.42 Å². The number of carbonyl (C=O) groups is 1. The van der Waals surface area contributed by atoms with Gasteiger partial charge in [-0.25, -0.2) is 4.79 Å². The maximum Gasteiger partial charge on any atom is 0.332 e. The molecule has 1 fully saturated rings. The van der Waals surface area contributed by atoms with E-state index in [-0.39, 0.29) is 18.7 Å². The zero-order valence-corrected chi connectivity index (χ0v) is 14.5. The van der Waals surface area contributed by atoms with E-state index < -0.39 is 0 Å². The van der Waals surface area contributed by atoms with Crippen molar-refractivity contribution in [1.82, 2.24) is 0 Å². The molecule has 0 aromatic rings. The highest BCUT2D eigenvalue weighted by Crippen LogP contribution is 2.35. The summed E-state index contributed by atoms with van der Waals surface area (Å²) in [5.74, 6) is 1.38. The fourth-order valence-corrected chi connectivity index (χ4v) is 2.97. The molecule has 0 unspecified atom stereocenters. The van der Waals surface area contributed by atoms with Gasteiger partial charge in [-0.05, 0) is 30.6 Å². The Morgan fingerprint density at radius 1 is 1.09 bits per heavy atom. The first kappa shape index (κ1) is 19.4. The first-order chi connectivity index (χ1) is 10.5. The molecular formula is C17H32O5. The number of hydrogen-bond acceptors (Lipinski definition) is 5. The summed E-state index contributed by atoms with van der Waals surface area (Å²) < 4.78 is 21.1. The van der Waals surface area contributed by atoms with E-state index in [0.717, 1.165) is 12.8 Å². The van der Waals surface area contributed by atoms with E-state index in [1.807, 2.05) is 0 Å². The summed E-state index contributed by atoms with van der Waals surface area (Å²) in [6, 6.07) is 0. The molecule has 0 N–H and O–H groups in total. The molecule has 1 saturated carbocycles. The van der Waals surface area contributed by atoms with E-state index >= 15 is 0 Å². The Bertz CT molecular complexity index is 305. The fraction of sp³-hybridized carbons (Fsp3) is 0.941. The van der Waals surface area contributed by atoms with Crippen LogP contribution in [-0.2, 0) is 23.7 Å². The molecule has 5 nitrogen and oxygen atoms in total. The summed E-state index contributed by atoms with van der Waals surface area (Å²) in [6.07, 6.45) is 3.38. The molecular weight excluding hydrogens is 284 g/mol.